The highest BCUT2D eigenvalue weighted by Crippen LogP contribution is 2.76. The van der Waals surface area contributed by atoms with E-state index in [1.165, 1.54) is 0 Å². The third-order valence-electron chi connectivity index (χ3n) is 3.42. The van der Waals surface area contributed by atoms with E-state index in [0.29, 0.717) is 0 Å². The Labute approximate surface area is 147 Å². The van der Waals surface area contributed by atoms with Crippen LogP contribution in [0.15, 0.2) is 10.1 Å². The highest BCUT2D eigenvalue weighted by atomic mass is 35.5. The van der Waals surface area contributed by atoms with Gasteiger partial charge in [0.15, 0.2) is 4.33 Å². The molecule has 2 bridgehead atoms. The van der Waals surface area contributed by atoms with Gasteiger partial charge in [-0.15, -0.1) is 23.2 Å². The molecule has 108 valence electrons. The van der Waals surface area contributed by atoms with Crippen LogP contribution in [0.4, 0.5) is 0 Å². The van der Waals surface area contributed by atoms with Crippen LogP contribution in [0.3, 0.4) is 0 Å². The van der Waals surface area contributed by atoms with E-state index in [1.807, 2.05) is 0 Å². The normalized spacial score (nSPS) is 60.6. The number of halogens is 6. The minimum atomic E-state index is -2.77. The molecule has 0 N–H and O–H groups in total. The maximum absolute atomic E-state index is 11.7. The summed E-state index contributed by atoms with van der Waals surface area (Å²) in [6, 6.07) is 0. The Balaban J connectivity index is 2.38. The fraction of sp³-hybridized carbons (Fsp3) is 0.778. The molecule has 3 nitrogen and oxygen atoms in total. The molecule has 0 radical (unpaired) electrons. The number of allylic oxidation sites excluding steroid dienone is 2. The Kier molecular flexibility index (Phi) is 2.65. The van der Waals surface area contributed by atoms with Crippen LogP contribution in [-0.4, -0.2) is 31.4 Å². The highest BCUT2D eigenvalue weighted by Gasteiger charge is 2.82. The van der Waals surface area contributed by atoms with Crippen LogP contribution < -0.4 is 0 Å². The molecule has 1 saturated carbocycles. The molecule has 19 heavy (non-hydrogen) atoms. The van der Waals surface area contributed by atoms with Gasteiger partial charge in [-0.25, -0.2) is 0 Å². The van der Waals surface area contributed by atoms with E-state index in [-0.39, 0.29) is 10.1 Å². The van der Waals surface area contributed by atoms with Crippen molar-refractivity contribution in [3.05, 3.63) is 10.1 Å². The molecule has 2 aliphatic carbocycles. The van der Waals surface area contributed by atoms with Crippen molar-refractivity contribution in [3.8, 4) is 0 Å². The lowest BCUT2D eigenvalue weighted by atomic mass is 9.83. The van der Waals surface area contributed by atoms with Crippen molar-refractivity contribution in [1.82, 2.24) is 0 Å². The third kappa shape index (κ3) is 1.59. The maximum Gasteiger partial charge on any atom is 0.304 e. The summed E-state index contributed by atoms with van der Waals surface area (Å²) in [6.45, 7) is -5.55. The van der Waals surface area contributed by atoms with Crippen LogP contribution in [-0.2, 0) is 19.7 Å². The summed E-state index contributed by atoms with van der Waals surface area (Å²) in [4.78, 5) is -4.23. The molecule has 0 aromatic rings. The van der Waals surface area contributed by atoms with E-state index in [0.717, 1.165) is 0 Å². The number of hydrogen-bond donors (Lipinski definition) is 0. The molecule has 1 unspecified atom stereocenters. The zero-order valence-electron chi connectivity index (χ0n) is 12.6. The zero-order chi connectivity index (χ0) is 17.8. The third-order valence-corrected chi connectivity index (χ3v) is 8.15. The predicted molar refractivity (Wildman–Crippen MR) is 77.4 cm³/mol. The zero-order valence-corrected chi connectivity index (χ0v) is 13.9. The fourth-order valence-electron chi connectivity index (χ4n) is 2.48. The van der Waals surface area contributed by atoms with Gasteiger partial charge in [-0.3, -0.25) is 8.37 Å². The van der Waals surface area contributed by atoms with Crippen LogP contribution >= 0.6 is 69.6 Å². The molecule has 3 aliphatic rings. The van der Waals surface area contributed by atoms with E-state index in [1.54, 1.807) is 0 Å². The fourth-order valence-corrected chi connectivity index (χ4v) is 5.71. The molecule has 1 aliphatic heterocycles. The van der Waals surface area contributed by atoms with E-state index >= 15 is 0 Å². The second kappa shape index (κ2) is 4.53. The second-order valence-electron chi connectivity index (χ2n) is 4.19. The van der Waals surface area contributed by atoms with Crippen molar-refractivity contribution in [2.24, 2.45) is 11.8 Å². The summed E-state index contributed by atoms with van der Waals surface area (Å²) >= 11 is 35.0. The molecule has 0 aromatic heterocycles. The lowest BCUT2D eigenvalue weighted by molar-refractivity contribution is 0.207. The van der Waals surface area contributed by atoms with Crippen molar-refractivity contribution in [3.63, 3.8) is 0 Å². The molecular weight excluding hydrogens is 401 g/mol. The molecule has 1 heterocycles. The van der Waals surface area contributed by atoms with E-state index in [4.69, 9.17) is 75.1 Å². The summed E-state index contributed by atoms with van der Waals surface area (Å²) in [6.07, 6.45) is 0. The van der Waals surface area contributed by atoms with Crippen molar-refractivity contribution >= 4 is 81.0 Å². The standard InChI is InChI=1S/C9H6Cl6O3S/c10-5-6(11)8(13)4-2-18-19(16)17-1-3(4)7(5,12)9(8,14)15/h3-4H,1-2H2/t3-,4+,7-,8-,19?/m1/s1/i1D2,2D2. The Hall–Kier alpha value is 1.55. The maximum atomic E-state index is 11.7. The van der Waals surface area contributed by atoms with E-state index < -0.39 is 50.4 Å². The molecule has 5 atom stereocenters. The van der Waals surface area contributed by atoms with E-state index in [9.17, 15) is 4.21 Å². The quantitative estimate of drug-likeness (QED) is 0.571. The molecule has 10 heteroatoms. The van der Waals surface area contributed by atoms with Gasteiger partial charge >= 0.3 is 11.4 Å². The van der Waals surface area contributed by atoms with Crippen LogP contribution in [0.1, 0.15) is 5.48 Å². The molecule has 0 spiro atoms. The summed E-state index contributed by atoms with van der Waals surface area (Å²) in [5.74, 6) is -3.28. The topological polar surface area (TPSA) is 35.5 Å². The predicted octanol–water partition coefficient (Wildman–Crippen LogP) is 3.69. The minimum absolute atomic E-state index is 0.321. The molecule has 0 amide bonds. The minimum Gasteiger partial charge on any atom is -0.268 e. The van der Waals surface area contributed by atoms with E-state index in [2.05, 4.69) is 8.37 Å². The van der Waals surface area contributed by atoms with Crippen molar-refractivity contribution in [2.75, 3.05) is 13.1 Å². The second-order valence-corrected chi connectivity index (χ2v) is 8.20. The average Bonchev–Trinajstić information content (AvgIpc) is 2.52. The van der Waals surface area contributed by atoms with Gasteiger partial charge in [-0.2, -0.15) is 4.21 Å². The van der Waals surface area contributed by atoms with Crippen molar-refractivity contribution in [2.45, 2.75) is 14.1 Å². The monoisotopic (exact) mass is 408 g/mol. The van der Waals surface area contributed by atoms with Crippen LogP contribution in [0.5, 0.6) is 0 Å². The first-order valence-electron chi connectivity index (χ1n) is 6.78. The Morgan fingerprint density at radius 3 is 1.79 bits per heavy atom. The number of alkyl halides is 4. The molecule has 3 rings (SSSR count). The smallest absolute Gasteiger partial charge is 0.268 e. The number of fused-ring (bicyclic) bond motifs is 5. The summed E-state index contributed by atoms with van der Waals surface area (Å²) in [5, 5.41) is -0.643. The largest absolute Gasteiger partial charge is 0.304 e. The first kappa shape index (κ1) is 11.1. The van der Waals surface area contributed by atoms with Gasteiger partial charge in [0.2, 0.25) is 0 Å². The average molecular weight is 411 g/mol. The highest BCUT2D eigenvalue weighted by molar-refractivity contribution is 7.75. The van der Waals surface area contributed by atoms with Crippen molar-refractivity contribution < 1.29 is 18.1 Å². The van der Waals surface area contributed by atoms with Gasteiger partial charge in [0.25, 0.3) is 0 Å². The van der Waals surface area contributed by atoms with Crippen LogP contribution in [0, 0.1) is 11.8 Å². The Bertz CT molecular complexity index is 609. The number of rotatable bonds is 0. The van der Waals surface area contributed by atoms with Gasteiger partial charge in [-0.1, -0.05) is 46.4 Å². The molecular formula is C9H6Cl6O3S. The lowest BCUT2D eigenvalue weighted by Crippen LogP contribution is -2.45. The molecule has 1 saturated heterocycles. The first-order valence-corrected chi connectivity index (χ1v) is 8.05. The van der Waals surface area contributed by atoms with Crippen molar-refractivity contribution in [1.29, 1.82) is 0 Å². The van der Waals surface area contributed by atoms with Gasteiger partial charge < -0.3 is 0 Å². The van der Waals surface area contributed by atoms with Crippen LogP contribution in [0.25, 0.3) is 0 Å². The van der Waals surface area contributed by atoms with Gasteiger partial charge in [0.1, 0.15) is 9.75 Å². The molecule has 0 aromatic carbocycles. The Morgan fingerprint density at radius 2 is 1.42 bits per heavy atom. The summed E-state index contributed by atoms with van der Waals surface area (Å²) in [5.41, 5.74) is 0. The number of hydrogen-bond acceptors (Lipinski definition) is 3. The van der Waals surface area contributed by atoms with Gasteiger partial charge in [-0.05, 0) is 0 Å². The summed E-state index contributed by atoms with van der Waals surface area (Å²) < 4.78 is 50.9. The lowest BCUT2D eigenvalue weighted by Gasteiger charge is -2.33. The van der Waals surface area contributed by atoms with Gasteiger partial charge in [0.05, 0.1) is 28.7 Å². The first-order chi connectivity index (χ1) is 10.2. The van der Waals surface area contributed by atoms with Gasteiger partial charge in [0, 0.05) is 11.8 Å². The summed E-state index contributed by atoms with van der Waals surface area (Å²) in [7, 11) is 0. The van der Waals surface area contributed by atoms with Crippen LogP contribution in [0.2, 0.25) is 0 Å². The molecule has 2 fully saturated rings. The Morgan fingerprint density at radius 1 is 1.05 bits per heavy atom. The SMILES string of the molecule is [2H]C1([2H])OS(=O)OC([2H])([2H])[C@@H]2[C@H]1[C@@]1(Cl)C(Cl)=C(Cl)[C@@]2(Cl)C1(Cl)Cl.